The third-order valence-electron chi connectivity index (χ3n) is 4.91. The molecule has 2 aliphatic heterocycles. The summed E-state index contributed by atoms with van der Waals surface area (Å²) in [4.78, 5) is 31.6. The van der Waals surface area contributed by atoms with Crippen LogP contribution < -0.4 is 4.90 Å². The molecule has 0 N–H and O–H groups in total. The maximum Gasteiger partial charge on any atom is 0.437 e. The average Bonchev–Trinajstić information content (AvgIpc) is 3.03. The fourth-order valence-electron chi connectivity index (χ4n) is 3.60. The Bertz CT molecular complexity index is 920. The Hall–Kier alpha value is -2.85. The number of ether oxygens (including phenoxy) is 2. The van der Waals surface area contributed by atoms with Crippen molar-refractivity contribution in [1.29, 1.82) is 0 Å². The van der Waals surface area contributed by atoms with Gasteiger partial charge in [-0.1, -0.05) is 18.2 Å². The van der Waals surface area contributed by atoms with Crippen LogP contribution in [0.3, 0.4) is 0 Å². The van der Waals surface area contributed by atoms with Crippen LogP contribution in [0.25, 0.3) is 0 Å². The van der Waals surface area contributed by atoms with Crippen LogP contribution in [0.15, 0.2) is 42.9 Å². The monoisotopic (exact) mass is 406 g/mol. The minimum absolute atomic E-state index is 0.158. The lowest BCUT2D eigenvalue weighted by Crippen LogP contribution is -2.66. The van der Waals surface area contributed by atoms with E-state index in [1.165, 1.54) is 11.2 Å². The molecular formula is C19H20F2N4O4. The summed E-state index contributed by atoms with van der Waals surface area (Å²) in [6.45, 7) is -0.142. The first-order chi connectivity index (χ1) is 13.8. The lowest BCUT2D eigenvalue weighted by molar-refractivity contribution is -0.293. The third kappa shape index (κ3) is 3.73. The summed E-state index contributed by atoms with van der Waals surface area (Å²) in [5, 5.41) is 0. The zero-order chi connectivity index (χ0) is 20.6. The largest absolute Gasteiger partial charge is 0.437 e. The number of alkyl halides is 2. The number of anilines is 1. The molecule has 1 aromatic heterocycles. The molecule has 10 heteroatoms. The van der Waals surface area contributed by atoms with Crippen molar-refractivity contribution < 1.29 is 27.8 Å². The second kappa shape index (κ2) is 7.20. The molecule has 2 aliphatic rings. The van der Waals surface area contributed by atoms with Crippen LogP contribution in [0.1, 0.15) is 10.5 Å². The van der Waals surface area contributed by atoms with Gasteiger partial charge >= 0.3 is 12.0 Å². The van der Waals surface area contributed by atoms with E-state index in [-0.39, 0.29) is 38.5 Å². The van der Waals surface area contributed by atoms with Gasteiger partial charge in [-0.05, 0) is 12.1 Å². The molecule has 1 unspecified atom stereocenters. The molecule has 2 fully saturated rings. The first-order valence-corrected chi connectivity index (χ1v) is 9.10. The van der Waals surface area contributed by atoms with Gasteiger partial charge in [0.15, 0.2) is 0 Å². The van der Waals surface area contributed by atoms with Gasteiger partial charge in [0.05, 0.1) is 32.6 Å². The van der Waals surface area contributed by atoms with Gasteiger partial charge in [0.1, 0.15) is 11.3 Å². The van der Waals surface area contributed by atoms with Crippen LogP contribution in [0.2, 0.25) is 0 Å². The number of amides is 2. The number of morpholine rings is 1. The summed E-state index contributed by atoms with van der Waals surface area (Å²) in [7, 11) is 1.73. The molecule has 0 radical (unpaired) electrons. The minimum Gasteiger partial charge on any atom is -0.376 e. The Kier molecular flexibility index (Phi) is 4.83. The quantitative estimate of drug-likeness (QED) is 0.751. The zero-order valence-corrected chi connectivity index (χ0v) is 15.8. The fourth-order valence-corrected chi connectivity index (χ4v) is 3.60. The van der Waals surface area contributed by atoms with Gasteiger partial charge in [0, 0.05) is 25.5 Å². The minimum atomic E-state index is -4.04. The molecule has 1 spiro atoms. The number of hydrogen-bond donors (Lipinski definition) is 0. The normalized spacial score (nSPS) is 24.6. The molecule has 2 amide bonds. The van der Waals surface area contributed by atoms with Gasteiger partial charge in [-0.25, -0.2) is 4.98 Å². The highest BCUT2D eigenvalue weighted by atomic mass is 19.3. The lowest BCUT2D eigenvalue weighted by atomic mass is 10.00. The number of nitrogens with zero attached hydrogens (tertiary/aromatic N) is 4. The Morgan fingerprint density at radius 3 is 2.66 bits per heavy atom. The van der Waals surface area contributed by atoms with Crippen molar-refractivity contribution in [3.05, 3.63) is 48.5 Å². The molecule has 1 aromatic carbocycles. The highest BCUT2D eigenvalue weighted by Crippen LogP contribution is 2.36. The van der Waals surface area contributed by atoms with E-state index in [9.17, 15) is 18.4 Å². The van der Waals surface area contributed by atoms with Crippen LogP contribution in [-0.2, 0) is 21.3 Å². The molecule has 0 aliphatic carbocycles. The van der Waals surface area contributed by atoms with E-state index >= 15 is 0 Å². The zero-order valence-electron chi connectivity index (χ0n) is 15.8. The number of rotatable bonds is 2. The first kappa shape index (κ1) is 19.5. The van der Waals surface area contributed by atoms with Crippen molar-refractivity contribution in [3.63, 3.8) is 0 Å². The van der Waals surface area contributed by atoms with Gasteiger partial charge in [0.25, 0.3) is 5.91 Å². The van der Waals surface area contributed by atoms with E-state index in [1.807, 2.05) is 0 Å². The molecule has 1 atom stereocenters. The average molecular weight is 406 g/mol. The summed E-state index contributed by atoms with van der Waals surface area (Å²) in [5.74, 6) is -1.85. The Morgan fingerprint density at radius 2 is 1.97 bits per heavy atom. The van der Waals surface area contributed by atoms with Crippen molar-refractivity contribution in [2.24, 2.45) is 7.05 Å². The second-order valence-corrected chi connectivity index (χ2v) is 7.23. The molecular weight excluding hydrogens is 386 g/mol. The lowest BCUT2D eigenvalue weighted by Gasteiger charge is -2.45. The van der Waals surface area contributed by atoms with Crippen LogP contribution in [0, 0.1) is 0 Å². The Morgan fingerprint density at radius 1 is 1.21 bits per heavy atom. The maximum absolute atomic E-state index is 14.6. The number of carbonyl (C=O) groups is 2. The van der Waals surface area contributed by atoms with Crippen molar-refractivity contribution in [2.75, 3.05) is 37.7 Å². The molecule has 2 aromatic rings. The van der Waals surface area contributed by atoms with Crippen molar-refractivity contribution in [2.45, 2.75) is 11.7 Å². The summed E-state index contributed by atoms with van der Waals surface area (Å²) in [6, 6.07) is 8.18. The molecule has 2 saturated heterocycles. The van der Waals surface area contributed by atoms with Crippen LogP contribution in [-0.4, -0.2) is 70.8 Å². The van der Waals surface area contributed by atoms with Gasteiger partial charge in [-0.2, -0.15) is 8.78 Å². The summed E-state index contributed by atoms with van der Waals surface area (Å²) < 4.78 is 41.3. The van der Waals surface area contributed by atoms with Crippen molar-refractivity contribution >= 4 is 17.5 Å². The van der Waals surface area contributed by atoms with Crippen molar-refractivity contribution in [1.82, 2.24) is 14.5 Å². The highest BCUT2D eigenvalue weighted by molar-refractivity contribution is 5.98. The number of para-hydroxylation sites is 1. The molecule has 4 rings (SSSR count). The molecule has 0 bridgehead atoms. The van der Waals surface area contributed by atoms with Crippen molar-refractivity contribution in [3.8, 4) is 0 Å². The van der Waals surface area contributed by atoms with E-state index in [0.717, 1.165) is 4.90 Å². The van der Waals surface area contributed by atoms with Gasteiger partial charge in [0.2, 0.25) is 0 Å². The topological polar surface area (TPSA) is 76.9 Å². The Labute approximate surface area is 165 Å². The molecule has 0 saturated carbocycles. The van der Waals surface area contributed by atoms with E-state index in [0.29, 0.717) is 5.69 Å². The number of aromatic nitrogens is 2. The van der Waals surface area contributed by atoms with Gasteiger partial charge in [-0.15, -0.1) is 0 Å². The number of imidazole rings is 1. The second-order valence-electron chi connectivity index (χ2n) is 7.23. The van der Waals surface area contributed by atoms with Crippen LogP contribution in [0.5, 0.6) is 0 Å². The molecule has 8 nitrogen and oxygen atoms in total. The standard InChI is InChI=1S/C19H20F2N4O4/c1-23-9-15(22-13-23)16(26)24-7-8-28-12-18(10-24)11-25(14-5-3-2-4-6-14)17(27)19(20,21)29-18/h2-6,9,13H,7-8,10-12H2,1H3. The Balaban J connectivity index is 1.65. The van der Waals surface area contributed by atoms with Gasteiger partial charge < -0.3 is 19.1 Å². The number of halogens is 2. The SMILES string of the molecule is Cn1cnc(C(=O)N2CCOCC3(C2)CN(c2ccccc2)C(=O)C(F)(F)O3)c1. The predicted molar refractivity (Wildman–Crippen MR) is 97.5 cm³/mol. The summed E-state index contributed by atoms with van der Waals surface area (Å²) >= 11 is 0. The number of carbonyl (C=O) groups excluding carboxylic acids is 2. The summed E-state index contributed by atoms with van der Waals surface area (Å²) in [5.41, 5.74) is -1.05. The van der Waals surface area contributed by atoms with E-state index in [1.54, 1.807) is 48.1 Å². The first-order valence-electron chi connectivity index (χ1n) is 9.10. The smallest absolute Gasteiger partial charge is 0.376 e. The number of benzene rings is 1. The number of hydrogen-bond acceptors (Lipinski definition) is 5. The maximum atomic E-state index is 14.6. The van der Waals surface area contributed by atoms with E-state index in [2.05, 4.69) is 4.98 Å². The molecule has 3 heterocycles. The van der Waals surface area contributed by atoms with E-state index in [4.69, 9.17) is 9.47 Å². The van der Waals surface area contributed by atoms with E-state index < -0.39 is 23.5 Å². The third-order valence-corrected chi connectivity index (χ3v) is 4.91. The fraction of sp³-hybridized carbons (Fsp3) is 0.421. The molecule has 29 heavy (non-hydrogen) atoms. The molecule has 154 valence electrons. The highest BCUT2D eigenvalue weighted by Gasteiger charge is 2.58. The van der Waals surface area contributed by atoms with Crippen LogP contribution >= 0.6 is 0 Å². The predicted octanol–water partition coefficient (Wildman–Crippen LogP) is 1.29. The summed E-state index contributed by atoms with van der Waals surface area (Å²) in [6.07, 6.45) is -1.00. The number of aryl methyl sites for hydroxylation is 1. The van der Waals surface area contributed by atoms with Crippen LogP contribution in [0.4, 0.5) is 14.5 Å². The van der Waals surface area contributed by atoms with Gasteiger partial charge in [-0.3, -0.25) is 14.3 Å².